The SMILES string of the molecule is CC#CCO[C@@H]1[C@H]2OC(C)(C)O[C@H]2O[C@@H]1[C@H]1COC(C)(C)O1. The van der Waals surface area contributed by atoms with Crippen molar-refractivity contribution in [3.63, 3.8) is 0 Å². The minimum atomic E-state index is -0.676. The van der Waals surface area contributed by atoms with Crippen molar-refractivity contribution >= 4 is 0 Å². The summed E-state index contributed by atoms with van der Waals surface area (Å²) in [7, 11) is 0. The van der Waals surface area contributed by atoms with E-state index in [2.05, 4.69) is 11.8 Å². The Morgan fingerprint density at radius 1 is 1.05 bits per heavy atom. The summed E-state index contributed by atoms with van der Waals surface area (Å²) in [5, 5.41) is 0. The van der Waals surface area contributed by atoms with Crippen LogP contribution in [0, 0.1) is 11.8 Å². The lowest BCUT2D eigenvalue weighted by molar-refractivity contribution is -0.235. The Morgan fingerprint density at radius 3 is 2.45 bits per heavy atom. The van der Waals surface area contributed by atoms with Crippen LogP contribution in [-0.4, -0.2) is 55.5 Å². The molecule has 0 N–H and O–H groups in total. The molecular weight excluding hydrogens is 288 g/mol. The lowest BCUT2D eigenvalue weighted by Crippen LogP contribution is -2.44. The summed E-state index contributed by atoms with van der Waals surface area (Å²) in [6, 6.07) is 0. The molecule has 6 nitrogen and oxygen atoms in total. The van der Waals surface area contributed by atoms with Gasteiger partial charge < -0.3 is 28.4 Å². The molecule has 0 saturated carbocycles. The highest BCUT2D eigenvalue weighted by atomic mass is 16.8. The second-order valence-electron chi connectivity index (χ2n) is 6.64. The zero-order valence-electron chi connectivity index (χ0n) is 13.8. The van der Waals surface area contributed by atoms with E-state index in [0.29, 0.717) is 13.2 Å². The Bertz CT molecular complexity index is 477. The maximum absolute atomic E-state index is 6.02. The first-order valence-corrected chi connectivity index (χ1v) is 7.65. The standard InChI is InChI=1S/C16H24O6/c1-6-7-8-17-12-11(10-9-18-15(2,3)20-10)19-14-13(12)21-16(4,5)22-14/h10-14H,8-9H2,1-5H3/t10-,11-,12+,13-,14-/m1/s1. The molecule has 3 rings (SSSR count). The summed E-state index contributed by atoms with van der Waals surface area (Å²) in [5.74, 6) is 4.44. The van der Waals surface area contributed by atoms with E-state index < -0.39 is 17.9 Å². The summed E-state index contributed by atoms with van der Waals surface area (Å²) in [4.78, 5) is 0. The molecule has 3 saturated heterocycles. The van der Waals surface area contributed by atoms with Crippen molar-refractivity contribution in [1.82, 2.24) is 0 Å². The molecule has 0 aromatic carbocycles. The zero-order chi connectivity index (χ0) is 16.0. The van der Waals surface area contributed by atoms with Crippen LogP contribution in [0.4, 0.5) is 0 Å². The molecule has 0 radical (unpaired) electrons. The number of fused-ring (bicyclic) bond motifs is 1. The van der Waals surface area contributed by atoms with Gasteiger partial charge in [0.1, 0.15) is 31.0 Å². The van der Waals surface area contributed by atoms with Gasteiger partial charge in [-0.25, -0.2) is 0 Å². The van der Waals surface area contributed by atoms with E-state index in [4.69, 9.17) is 28.4 Å². The highest BCUT2D eigenvalue weighted by Gasteiger charge is 2.58. The summed E-state index contributed by atoms with van der Waals surface area (Å²) in [6.45, 7) is 10.1. The van der Waals surface area contributed by atoms with Crippen LogP contribution in [0.3, 0.4) is 0 Å². The third-order valence-electron chi connectivity index (χ3n) is 3.95. The van der Waals surface area contributed by atoms with Gasteiger partial charge in [-0.1, -0.05) is 5.92 Å². The largest absolute Gasteiger partial charge is 0.360 e. The maximum atomic E-state index is 6.02. The van der Waals surface area contributed by atoms with Gasteiger partial charge in [0.05, 0.1) is 6.61 Å². The van der Waals surface area contributed by atoms with Gasteiger partial charge in [0.15, 0.2) is 17.9 Å². The average Bonchev–Trinajstić information content (AvgIpc) is 3.01. The molecule has 3 aliphatic heterocycles. The van der Waals surface area contributed by atoms with E-state index in [9.17, 15) is 0 Å². The molecule has 3 heterocycles. The first kappa shape index (κ1) is 16.2. The molecule has 0 bridgehead atoms. The highest BCUT2D eigenvalue weighted by Crippen LogP contribution is 2.41. The van der Waals surface area contributed by atoms with Gasteiger partial charge in [0.25, 0.3) is 0 Å². The van der Waals surface area contributed by atoms with E-state index in [1.54, 1.807) is 6.92 Å². The van der Waals surface area contributed by atoms with Crippen molar-refractivity contribution in [3.05, 3.63) is 0 Å². The lowest BCUT2D eigenvalue weighted by atomic mass is 10.1. The van der Waals surface area contributed by atoms with E-state index in [1.165, 1.54) is 0 Å². The number of hydrogen-bond acceptors (Lipinski definition) is 6. The Hall–Kier alpha value is -0.680. The smallest absolute Gasteiger partial charge is 0.190 e. The Kier molecular flexibility index (Phi) is 4.23. The van der Waals surface area contributed by atoms with E-state index in [0.717, 1.165) is 0 Å². The van der Waals surface area contributed by atoms with Crippen LogP contribution >= 0.6 is 0 Å². The van der Waals surface area contributed by atoms with Crippen molar-refractivity contribution in [1.29, 1.82) is 0 Å². The molecule has 124 valence electrons. The topological polar surface area (TPSA) is 55.4 Å². The second kappa shape index (κ2) is 5.75. The van der Waals surface area contributed by atoms with Crippen LogP contribution in [0.5, 0.6) is 0 Å². The van der Waals surface area contributed by atoms with Gasteiger partial charge in [0, 0.05) is 0 Å². The number of hydrogen-bond donors (Lipinski definition) is 0. The van der Waals surface area contributed by atoms with Gasteiger partial charge in [-0.15, -0.1) is 5.92 Å². The molecule has 0 aromatic heterocycles. The first-order valence-electron chi connectivity index (χ1n) is 7.65. The van der Waals surface area contributed by atoms with Crippen molar-refractivity contribution in [2.24, 2.45) is 0 Å². The zero-order valence-corrected chi connectivity index (χ0v) is 13.8. The minimum Gasteiger partial charge on any atom is -0.360 e. The van der Waals surface area contributed by atoms with Gasteiger partial charge >= 0.3 is 0 Å². The Labute approximate surface area is 131 Å². The molecule has 0 amide bonds. The second-order valence-corrected chi connectivity index (χ2v) is 6.64. The summed E-state index contributed by atoms with van der Waals surface area (Å²) in [5.41, 5.74) is 0. The van der Waals surface area contributed by atoms with Crippen molar-refractivity contribution in [2.45, 2.75) is 76.9 Å². The molecule has 0 unspecified atom stereocenters. The van der Waals surface area contributed by atoms with E-state index in [-0.39, 0.29) is 24.4 Å². The highest BCUT2D eigenvalue weighted by molar-refractivity contribution is 5.01. The fraction of sp³-hybridized carbons (Fsp3) is 0.875. The molecule has 6 heteroatoms. The molecule has 0 aromatic rings. The van der Waals surface area contributed by atoms with Crippen LogP contribution in [0.1, 0.15) is 34.6 Å². The molecule has 3 aliphatic rings. The van der Waals surface area contributed by atoms with Crippen LogP contribution in [0.25, 0.3) is 0 Å². The molecular formula is C16H24O6. The van der Waals surface area contributed by atoms with Crippen molar-refractivity contribution < 1.29 is 28.4 Å². The maximum Gasteiger partial charge on any atom is 0.190 e. The van der Waals surface area contributed by atoms with Gasteiger partial charge in [-0.3, -0.25) is 0 Å². The monoisotopic (exact) mass is 312 g/mol. The van der Waals surface area contributed by atoms with Gasteiger partial charge in [-0.2, -0.15) is 0 Å². The van der Waals surface area contributed by atoms with Crippen LogP contribution in [-0.2, 0) is 28.4 Å². The van der Waals surface area contributed by atoms with Crippen molar-refractivity contribution in [2.75, 3.05) is 13.2 Å². The lowest BCUT2D eigenvalue weighted by Gasteiger charge is -2.28. The molecule has 5 atom stereocenters. The minimum absolute atomic E-state index is 0.213. The predicted molar refractivity (Wildman–Crippen MR) is 76.8 cm³/mol. The summed E-state index contributed by atoms with van der Waals surface area (Å²) >= 11 is 0. The van der Waals surface area contributed by atoms with Gasteiger partial charge in [-0.05, 0) is 34.6 Å². The fourth-order valence-corrected chi connectivity index (χ4v) is 3.08. The molecule has 0 spiro atoms. The Balaban J connectivity index is 1.73. The quantitative estimate of drug-likeness (QED) is 0.735. The Morgan fingerprint density at radius 2 is 1.82 bits per heavy atom. The first-order chi connectivity index (χ1) is 10.3. The third-order valence-corrected chi connectivity index (χ3v) is 3.95. The summed E-state index contributed by atoms with van der Waals surface area (Å²) in [6.07, 6.45) is -1.55. The van der Waals surface area contributed by atoms with Crippen molar-refractivity contribution in [3.8, 4) is 11.8 Å². The third kappa shape index (κ3) is 3.16. The molecule has 22 heavy (non-hydrogen) atoms. The van der Waals surface area contributed by atoms with Crippen LogP contribution in [0.15, 0.2) is 0 Å². The summed E-state index contributed by atoms with van der Waals surface area (Å²) < 4.78 is 35.2. The normalized spacial score (nSPS) is 42.0. The van der Waals surface area contributed by atoms with Gasteiger partial charge in [0.2, 0.25) is 0 Å². The number of ether oxygens (including phenoxy) is 6. The average molecular weight is 312 g/mol. The fourth-order valence-electron chi connectivity index (χ4n) is 3.08. The van der Waals surface area contributed by atoms with Crippen LogP contribution in [0.2, 0.25) is 0 Å². The van der Waals surface area contributed by atoms with E-state index >= 15 is 0 Å². The number of rotatable bonds is 3. The molecule has 3 fully saturated rings. The van der Waals surface area contributed by atoms with Crippen LogP contribution < -0.4 is 0 Å². The van der Waals surface area contributed by atoms with E-state index in [1.807, 2.05) is 27.7 Å². The predicted octanol–water partition coefficient (Wildman–Crippen LogP) is 1.42. The molecule has 0 aliphatic carbocycles.